The topological polar surface area (TPSA) is 48.2 Å². The van der Waals surface area contributed by atoms with Crippen molar-refractivity contribution in [3.8, 4) is 5.75 Å². The molecule has 0 unspecified atom stereocenters. The number of pyridine rings is 1. The van der Waals surface area contributed by atoms with Crippen molar-refractivity contribution in [2.45, 2.75) is 31.7 Å². The summed E-state index contributed by atoms with van der Waals surface area (Å²) in [6, 6.07) is 9.71. The molecule has 1 aromatic carbocycles. The smallest absolute Gasteiger partial charge is 0.257 e. The third kappa shape index (κ3) is 3.85. The summed E-state index contributed by atoms with van der Waals surface area (Å²) in [6.45, 7) is 7.04. The molecule has 0 fully saturated rings. The van der Waals surface area contributed by atoms with Crippen molar-refractivity contribution < 1.29 is 9.15 Å². The van der Waals surface area contributed by atoms with Gasteiger partial charge in [0.05, 0.1) is 12.3 Å². The van der Waals surface area contributed by atoms with Crippen molar-refractivity contribution in [3.05, 3.63) is 47.8 Å². The van der Waals surface area contributed by atoms with E-state index in [0.717, 1.165) is 28.1 Å². The number of nitrogens with zero attached hydrogens (tertiary/aromatic N) is 2. The predicted molar refractivity (Wildman–Crippen MR) is 92.9 cm³/mol. The number of benzene rings is 1. The van der Waals surface area contributed by atoms with E-state index in [0.29, 0.717) is 23.5 Å². The van der Waals surface area contributed by atoms with Crippen molar-refractivity contribution in [2.75, 3.05) is 6.61 Å². The summed E-state index contributed by atoms with van der Waals surface area (Å²) in [4.78, 5) is 8.94. The highest BCUT2D eigenvalue weighted by Gasteiger charge is 2.11. The molecule has 2 aromatic heterocycles. The van der Waals surface area contributed by atoms with Crippen molar-refractivity contribution in [1.82, 2.24) is 9.97 Å². The molecule has 0 aliphatic heterocycles. The average molecular weight is 328 g/mol. The molecule has 0 atom stereocenters. The summed E-state index contributed by atoms with van der Waals surface area (Å²) in [5, 5.41) is 0.668. The van der Waals surface area contributed by atoms with E-state index in [4.69, 9.17) is 9.15 Å². The van der Waals surface area contributed by atoms with Gasteiger partial charge in [0, 0.05) is 17.5 Å². The number of hydrogen-bond donors (Lipinski definition) is 0. The van der Waals surface area contributed by atoms with Gasteiger partial charge in [0.1, 0.15) is 11.3 Å². The molecule has 120 valence electrons. The predicted octanol–water partition coefficient (Wildman–Crippen LogP) is 4.86. The molecule has 4 nitrogen and oxygen atoms in total. The SMILES string of the molecule is Cc1c(OCC(C)C)ccnc1CSc1nc2ccccc2o1. The second-order valence-corrected chi connectivity index (χ2v) is 6.75. The van der Waals surface area contributed by atoms with Crippen LogP contribution in [0.25, 0.3) is 11.1 Å². The number of ether oxygens (including phenoxy) is 1. The van der Waals surface area contributed by atoms with Gasteiger partial charge < -0.3 is 9.15 Å². The zero-order chi connectivity index (χ0) is 16.2. The molecule has 5 heteroatoms. The molecule has 0 aliphatic carbocycles. The largest absolute Gasteiger partial charge is 0.493 e. The summed E-state index contributed by atoms with van der Waals surface area (Å²) in [7, 11) is 0. The molecule has 3 rings (SSSR count). The fraction of sp³-hybridized carbons (Fsp3) is 0.333. The van der Waals surface area contributed by atoms with Crippen molar-refractivity contribution in [1.29, 1.82) is 0 Å². The maximum absolute atomic E-state index is 5.85. The van der Waals surface area contributed by atoms with Gasteiger partial charge in [-0.25, -0.2) is 4.98 Å². The zero-order valence-corrected chi connectivity index (χ0v) is 14.4. The van der Waals surface area contributed by atoms with Crippen LogP contribution in [0.5, 0.6) is 5.75 Å². The van der Waals surface area contributed by atoms with Gasteiger partial charge in [-0.15, -0.1) is 0 Å². The first kappa shape index (κ1) is 15.9. The summed E-state index contributed by atoms with van der Waals surface area (Å²) in [5.41, 5.74) is 3.78. The Labute approximate surface area is 140 Å². The number of hydrogen-bond acceptors (Lipinski definition) is 5. The van der Waals surface area contributed by atoms with Gasteiger partial charge in [0.2, 0.25) is 0 Å². The minimum atomic E-state index is 0.500. The van der Waals surface area contributed by atoms with E-state index in [-0.39, 0.29) is 0 Å². The van der Waals surface area contributed by atoms with Crippen LogP contribution in [0, 0.1) is 12.8 Å². The molecule has 0 N–H and O–H groups in total. The fourth-order valence-corrected chi connectivity index (χ4v) is 3.02. The lowest BCUT2D eigenvalue weighted by Gasteiger charge is -2.13. The highest BCUT2D eigenvalue weighted by Crippen LogP contribution is 2.28. The Morgan fingerprint density at radius 3 is 2.83 bits per heavy atom. The Balaban J connectivity index is 1.71. The van der Waals surface area contributed by atoms with Crippen molar-refractivity contribution in [3.63, 3.8) is 0 Å². The van der Waals surface area contributed by atoms with Gasteiger partial charge >= 0.3 is 0 Å². The van der Waals surface area contributed by atoms with Crippen LogP contribution in [0.2, 0.25) is 0 Å². The van der Waals surface area contributed by atoms with E-state index in [1.165, 1.54) is 0 Å². The Kier molecular flexibility index (Phi) is 4.86. The molecule has 0 saturated heterocycles. The van der Waals surface area contributed by atoms with Crippen LogP contribution in [-0.4, -0.2) is 16.6 Å². The first-order valence-electron chi connectivity index (χ1n) is 7.69. The van der Waals surface area contributed by atoms with E-state index >= 15 is 0 Å². The standard InChI is InChI=1S/C18H20N2O2S/c1-12(2)10-21-16-8-9-19-15(13(16)3)11-23-18-20-14-6-4-5-7-17(14)22-18/h4-9,12H,10-11H2,1-3H3. The Bertz CT molecular complexity index is 766. The van der Waals surface area contributed by atoms with E-state index in [9.17, 15) is 0 Å². The second-order valence-electron chi connectivity index (χ2n) is 5.82. The Hall–Kier alpha value is -2.01. The van der Waals surface area contributed by atoms with Crippen molar-refractivity contribution in [2.24, 2.45) is 5.92 Å². The van der Waals surface area contributed by atoms with Crippen LogP contribution < -0.4 is 4.74 Å². The van der Waals surface area contributed by atoms with E-state index < -0.39 is 0 Å². The molecule has 0 bridgehead atoms. The lowest BCUT2D eigenvalue weighted by atomic mass is 10.2. The molecule has 0 radical (unpaired) electrons. The van der Waals surface area contributed by atoms with Gasteiger partial charge in [0.25, 0.3) is 5.22 Å². The van der Waals surface area contributed by atoms with Crippen molar-refractivity contribution >= 4 is 22.9 Å². The van der Waals surface area contributed by atoms with Crippen LogP contribution in [0.1, 0.15) is 25.1 Å². The summed E-state index contributed by atoms with van der Waals surface area (Å²) < 4.78 is 11.6. The van der Waals surface area contributed by atoms with Crippen LogP contribution in [-0.2, 0) is 5.75 Å². The van der Waals surface area contributed by atoms with Gasteiger partial charge in [-0.2, -0.15) is 0 Å². The van der Waals surface area contributed by atoms with Crippen LogP contribution in [0.15, 0.2) is 46.2 Å². The third-order valence-corrected chi connectivity index (χ3v) is 4.28. The number of fused-ring (bicyclic) bond motifs is 1. The molecule has 0 spiro atoms. The van der Waals surface area contributed by atoms with E-state index in [1.54, 1.807) is 18.0 Å². The first-order valence-corrected chi connectivity index (χ1v) is 8.67. The highest BCUT2D eigenvalue weighted by atomic mass is 32.2. The number of oxazole rings is 1. The number of thioether (sulfide) groups is 1. The average Bonchev–Trinajstić information content (AvgIpc) is 2.95. The Morgan fingerprint density at radius 1 is 1.22 bits per heavy atom. The third-order valence-electron chi connectivity index (χ3n) is 3.44. The minimum absolute atomic E-state index is 0.500. The van der Waals surface area contributed by atoms with Gasteiger partial charge in [0.15, 0.2) is 5.58 Å². The van der Waals surface area contributed by atoms with Crippen LogP contribution in [0.3, 0.4) is 0 Å². The summed E-state index contributed by atoms with van der Waals surface area (Å²) in [6.07, 6.45) is 1.80. The second kappa shape index (κ2) is 7.04. The van der Waals surface area contributed by atoms with Gasteiger partial charge in [-0.3, -0.25) is 4.98 Å². The highest BCUT2D eigenvalue weighted by molar-refractivity contribution is 7.98. The van der Waals surface area contributed by atoms with Gasteiger partial charge in [-0.1, -0.05) is 37.7 Å². The minimum Gasteiger partial charge on any atom is -0.493 e. The molecular weight excluding hydrogens is 308 g/mol. The quantitative estimate of drug-likeness (QED) is 0.605. The van der Waals surface area contributed by atoms with E-state index in [2.05, 4.69) is 23.8 Å². The van der Waals surface area contributed by atoms with Crippen LogP contribution >= 0.6 is 11.8 Å². The monoisotopic (exact) mass is 328 g/mol. The number of aromatic nitrogens is 2. The molecule has 0 saturated carbocycles. The molecule has 23 heavy (non-hydrogen) atoms. The maximum Gasteiger partial charge on any atom is 0.257 e. The zero-order valence-electron chi connectivity index (χ0n) is 13.6. The lowest BCUT2D eigenvalue weighted by Crippen LogP contribution is -2.06. The van der Waals surface area contributed by atoms with Crippen LogP contribution in [0.4, 0.5) is 0 Å². The van der Waals surface area contributed by atoms with E-state index in [1.807, 2.05) is 37.3 Å². The molecule has 0 amide bonds. The Morgan fingerprint density at radius 2 is 2.04 bits per heavy atom. The molecule has 3 aromatic rings. The number of para-hydroxylation sites is 2. The molecule has 2 heterocycles. The van der Waals surface area contributed by atoms with Gasteiger partial charge in [-0.05, 0) is 31.0 Å². The first-order chi connectivity index (χ1) is 11.1. The maximum atomic E-state index is 5.85. The summed E-state index contributed by atoms with van der Waals surface area (Å²) >= 11 is 1.55. The molecular formula is C18H20N2O2S. The normalized spacial score (nSPS) is 11.3. The summed E-state index contributed by atoms with van der Waals surface area (Å²) in [5.74, 6) is 2.11. The fourth-order valence-electron chi connectivity index (χ4n) is 2.16. The lowest BCUT2D eigenvalue weighted by molar-refractivity contribution is 0.269. The molecule has 0 aliphatic rings. The number of rotatable bonds is 6.